The van der Waals surface area contributed by atoms with Crippen LogP contribution in [0.5, 0.6) is 0 Å². The fraction of sp³-hybridized carbons (Fsp3) is 0.250. The first-order valence-corrected chi connectivity index (χ1v) is 10.8. The zero-order chi connectivity index (χ0) is 21.0. The van der Waals surface area contributed by atoms with Gasteiger partial charge >= 0.3 is 0 Å². The second-order valence-electron chi connectivity index (χ2n) is 6.67. The molecule has 0 aliphatic heterocycles. The van der Waals surface area contributed by atoms with Gasteiger partial charge in [-0.25, -0.2) is 8.42 Å². The Hall–Kier alpha value is -3.20. The predicted octanol–water partition coefficient (Wildman–Crippen LogP) is 2.52. The van der Waals surface area contributed by atoms with Crippen molar-refractivity contribution in [2.45, 2.75) is 26.4 Å². The summed E-state index contributed by atoms with van der Waals surface area (Å²) in [5.41, 5.74) is 2.12. The van der Waals surface area contributed by atoms with E-state index in [0.29, 0.717) is 11.5 Å². The molecule has 0 aliphatic carbocycles. The summed E-state index contributed by atoms with van der Waals surface area (Å²) >= 11 is 0. The Balaban J connectivity index is 1.71. The van der Waals surface area contributed by atoms with Crippen molar-refractivity contribution in [2.24, 2.45) is 0 Å². The fourth-order valence-corrected chi connectivity index (χ4v) is 4.08. The second kappa shape index (κ2) is 8.44. The molecule has 9 heteroatoms. The zero-order valence-corrected chi connectivity index (χ0v) is 17.2. The average molecular weight is 414 g/mol. The van der Waals surface area contributed by atoms with Crippen molar-refractivity contribution >= 4 is 21.6 Å². The van der Waals surface area contributed by atoms with E-state index in [1.54, 1.807) is 18.2 Å². The van der Waals surface area contributed by atoms with Gasteiger partial charge in [-0.05, 0) is 31.5 Å². The van der Waals surface area contributed by atoms with E-state index in [1.165, 1.54) is 6.92 Å². The van der Waals surface area contributed by atoms with E-state index >= 15 is 0 Å². The lowest BCUT2D eigenvalue weighted by Crippen LogP contribution is -2.47. The quantitative estimate of drug-likeness (QED) is 0.637. The third-order valence-corrected chi connectivity index (χ3v) is 5.50. The van der Waals surface area contributed by atoms with Gasteiger partial charge in [-0.1, -0.05) is 47.6 Å². The maximum atomic E-state index is 12.6. The van der Waals surface area contributed by atoms with Gasteiger partial charge in [0, 0.05) is 5.56 Å². The molecular formula is C20H22N4O4S. The molecule has 0 bridgehead atoms. The largest absolute Gasteiger partial charge is 0.345 e. The van der Waals surface area contributed by atoms with E-state index in [4.69, 9.17) is 4.52 Å². The van der Waals surface area contributed by atoms with Gasteiger partial charge < -0.3 is 9.84 Å². The topological polar surface area (TPSA) is 105 Å². The molecule has 0 spiro atoms. The van der Waals surface area contributed by atoms with E-state index in [9.17, 15) is 13.2 Å². The molecule has 0 radical (unpaired) electrons. The molecule has 0 unspecified atom stereocenters. The van der Waals surface area contributed by atoms with Crippen LogP contribution in [-0.4, -0.2) is 36.8 Å². The molecule has 8 nitrogen and oxygen atoms in total. The Morgan fingerprint density at radius 2 is 1.90 bits per heavy atom. The lowest BCUT2D eigenvalue weighted by atomic mass is 10.2. The smallest absolute Gasteiger partial charge is 0.246 e. The molecule has 3 aromatic rings. The lowest BCUT2D eigenvalue weighted by molar-refractivity contribution is -0.122. The van der Waals surface area contributed by atoms with E-state index in [-0.39, 0.29) is 12.4 Å². The number of carbonyl (C=O) groups is 1. The Kier molecular flexibility index (Phi) is 5.97. The molecule has 0 saturated carbocycles. The number of aromatic nitrogens is 2. The highest BCUT2D eigenvalue weighted by atomic mass is 32.2. The van der Waals surface area contributed by atoms with Gasteiger partial charge in [-0.15, -0.1) is 0 Å². The van der Waals surface area contributed by atoms with Gasteiger partial charge in [0.2, 0.25) is 27.6 Å². The van der Waals surface area contributed by atoms with Crippen molar-refractivity contribution in [3.63, 3.8) is 0 Å². The van der Waals surface area contributed by atoms with Crippen molar-refractivity contribution in [3.8, 4) is 11.4 Å². The fourth-order valence-electron chi connectivity index (χ4n) is 2.92. The SMILES string of the molecule is Cc1cccc(N([C@H](C)C(=O)NCc2nc(-c3ccccc3)no2)S(C)(=O)=O)c1. The van der Waals surface area contributed by atoms with Gasteiger partial charge in [0.05, 0.1) is 18.5 Å². The van der Waals surface area contributed by atoms with Gasteiger partial charge in [0.25, 0.3) is 0 Å². The zero-order valence-electron chi connectivity index (χ0n) is 16.4. The van der Waals surface area contributed by atoms with Crippen LogP contribution >= 0.6 is 0 Å². The average Bonchev–Trinajstić information content (AvgIpc) is 3.15. The number of benzene rings is 2. The highest BCUT2D eigenvalue weighted by Crippen LogP contribution is 2.22. The molecular weight excluding hydrogens is 392 g/mol. The third-order valence-electron chi connectivity index (χ3n) is 4.26. The first kappa shape index (κ1) is 20.5. The maximum Gasteiger partial charge on any atom is 0.246 e. The summed E-state index contributed by atoms with van der Waals surface area (Å²) in [7, 11) is -3.67. The minimum absolute atomic E-state index is 0.00553. The highest BCUT2D eigenvalue weighted by Gasteiger charge is 2.29. The Morgan fingerprint density at radius 1 is 1.17 bits per heavy atom. The van der Waals surface area contributed by atoms with Crippen LogP contribution in [0.1, 0.15) is 18.4 Å². The Labute approximate surface area is 169 Å². The molecule has 1 amide bonds. The van der Waals surface area contributed by atoms with E-state index < -0.39 is 22.0 Å². The van der Waals surface area contributed by atoms with E-state index in [1.807, 2.05) is 43.3 Å². The molecule has 152 valence electrons. The minimum atomic E-state index is -3.67. The van der Waals surface area contributed by atoms with Crippen LogP contribution in [0.2, 0.25) is 0 Å². The lowest BCUT2D eigenvalue weighted by Gasteiger charge is -2.28. The van der Waals surface area contributed by atoms with Crippen LogP contribution in [0.15, 0.2) is 59.1 Å². The van der Waals surface area contributed by atoms with E-state index in [2.05, 4.69) is 15.5 Å². The Bertz CT molecular complexity index is 1100. The van der Waals surface area contributed by atoms with Gasteiger partial charge in [-0.3, -0.25) is 9.10 Å². The summed E-state index contributed by atoms with van der Waals surface area (Å²) in [5.74, 6) is 0.169. The molecule has 1 N–H and O–H groups in total. The summed E-state index contributed by atoms with van der Waals surface area (Å²) in [5, 5.41) is 6.56. The summed E-state index contributed by atoms with van der Waals surface area (Å²) in [6.45, 7) is 3.38. The van der Waals surface area contributed by atoms with Crippen LogP contribution in [0, 0.1) is 6.92 Å². The minimum Gasteiger partial charge on any atom is -0.345 e. The standard InChI is InChI=1S/C20H22N4O4S/c1-14-8-7-11-17(12-14)24(29(3,26)27)15(2)20(25)21-13-18-22-19(23-28-18)16-9-5-4-6-10-16/h4-12,15H,13H2,1-3H3,(H,21,25)/t15-/m1/s1. The Morgan fingerprint density at radius 3 is 2.55 bits per heavy atom. The van der Waals surface area contributed by atoms with Gasteiger partial charge in [0.15, 0.2) is 0 Å². The van der Waals surface area contributed by atoms with Gasteiger partial charge in [0.1, 0.15) is 6.04 Å². The molecule has 0 saturated heterocycles. The molecule has 1 aromatic heterocycles. The van der Waals surface area contributed by atoms with E-state index in [0.717, 1.165) is 21.7 Å². The normalized spacial score (nSPS) is 12.4. The summed E-state index contributed by atoms with van der Waals surface area (Å²) in [4.78, 5) is 16.9. The number of sulfonamides is 1. The number of nitrogens with one attached hydrogen (secondary N) is 1. The number of anilines is 1. The third kappa shape index (κ3) is 5.00. The number of rotatable bonds is 7. The summed E-state index contributed by atoms with van der Waals surface area (Å²) in [6.07, 6.45) is 1.07. The van der Waals surface area contributed by atoms with Gasteiger partial charge in [-0.2, -0.15) is 4.98 Å². The first-order valence-electron chi connectivity index (χ1n) is 8.97. The predicted molar refractivity (Wildman–Crippen MR) is 110 cm³/mol. The molecule has 1 heterocycles. The van der Waals surface area contributed by atoms with Crippen molar-refractivity contribution in [1.29, 1.82) is 0 Å². The number of hydrogen-bond donors (Lipinski definition) is 1. The molecule has 1 atom stereocenters. The maximum absolute atomic E-state index is 12.6. The molecule has 2 aromatic carbocycles. The number of amides is 1. The number of carbonyl (C=O) groups excluding carboxylic acids is 1. The van der Waals surface area contributed by atoms with Crippen LogP contribution < -0.4 is 9.62 Å². The summed E-state index contributed by atoms with van der Waals surface area (Å²) in [6, 6.07) is 15.3. The van der Waals surface area contributed by atoms with Crippen LogP contribution in [-0.2, 0) is 21.4 Å². The monoisotopic (exact) mass is 414 g/mol. The molecule has 0 fully saturated rings. The highest BCUT2D eigenvalue weighted by molar-refractivity contribution is 7.92. The molecule has 0 aliphatic rings. The number of aryl methyl sites for hydroxylation is 1. The van der Waals surface area contributed by atoms with Crippen molar-refractivity contribution in [3.05, 3.63) is 66.1 Å². The van der Waals surface area contributed by atoms with Crippen molar-refractivity contribution in [2.75, 3.05) is 10.6 Å². The van der Waals surface area contributed by atoms with Crippen molar-refractivity contribution in [1.82, 2.24) is 15.5 Å². The van der Waals surface area contributed by atoms with Crippen LogP contribution in [0.4, 0.5) is 5.69 Å². The number of hydrogen-bond acceptors (Lipinski definition) is 6. The summed E-state index contributed by atoms with van der Waals surface area (Å²) < 4.78 is 30.9. The second-order valence-corrected chi connectivity index (χ2v) is 8.53. The van der Waals surface area contributed by atoms with Crippen molar-refractivity contribution < 1.29 is 17.7 Å². The number of nitrogens with zero attached hydrogens (tertiary/aromatic N) is 3. The molecule has 3 rings (SSSR count). The molecule has 29 heavy (non-hydrogen) atoms. The first-order chi connectivity index (χ1) is 13.8. The van der Waals surface area contributed by atoms with Crippen LogP contribution in [0.3, 0.4) is 0 Å². The van der Waals surface area contributed by atoms with Crippen LogP contribution in [0.25, 0.3) is 11.4 Å².